The highest BCUT2D eigenvalue weighted by Gasteiger charge is 2.52. The van der Waals surface area contributed by atoms with Crippen molar-refractivity contribution in [1.29, 1.82) is 0 Å². The van der Waals surface area contributed by atoms with Gasteiger partial charge in [-0.2, -0.15) is 18.3 Å². The molecule has 0 amide bonds. The second kappa shape index (κ2) is 7.21. The minimum Gasteiger partial charge on any atom is -0.399 e. The lowest BCUT2D eigenvalue weighted by Crippen LogP contribution is -2.58. The molecule has 1 aromatic carbocycles. The number of halogens is 3. The van der Waals surface area contributed by atoms with Gasteiger partial charge in [0.05, 0.1) is 30.5 Å². The number of nitrogens with zero attached hydrogens (tertiary/aromatic N) is 4. The Balaban J connectivity index is 1.68. The normalized spacial score (nSPS) is 23.6. The molecular formula is C20H21F3N6O. The number of rotatable bonds is 3. The lowest BCUT2D eigenvalue weighted by molar-refractivity contribution is -0.222. The standard InChI is InChI=1S/C20H21F3N6O/c21-20(22,23)17(29-13-2-1-3-14(29)10-30-9-13)16-15-8-25-28-19(15)27-18(26-16)11-4-6-12(24)7-5-11/h4-8,13-14,17H,1-3,9-10,24H2,(H,25,26,27,28). The molecular weight excluding hydrogens is 397 g/mol. The number of benzene rings is 1. The number of fused-ring (bicyclic) bond motifs is 3. The number of hydrogen-bond donors (Lipinski definition) is 2. The van der Waals surface area contributed by atoms with Crippen LogP contribution in [0.5, 0.6) is 0 Å². The maximum atomic E-state index is 14.5. The predicted molar refractivity (Wildman–Crippen MR) is 104 cm³/mol. The first-order valence-electron chi connectivity index (χ1n) is 9.90. The molecule has 2 aromatic heterocycles. The molecule has 7 nitrogen and oxygen atoms in total. The summed E-state index contributed by atoms with van der Waals surface area (Å²) in [7, 11) is 0. The highest BCUT2D eigenvalue weighted by Crippen LogP contribution is 2.45. The number of nitrogens with one attached hydrogen (secondary N) is 1. The van der Waals surface area contributed by atoms with Gasteiger partial charge in [-0.25, -0.2) is 9.97 Å². The van der Waals surface area contributed by atoms with Crippen LogP contribution in [0.2, 0.25) is 0 Å². The molecule has 10 heteroatoms. The monoisotopic (exact) mass is 418 g/mol. The second-order valence-electron chi connectivity index (χ2n) is 7.85. The van der Waals surface area contributed by atoms with E-state index >= 15 is 0 Å². The number of nitrogen functional groups attached to an aromatic ring is 1. The van der Waals surface area contributed by atoms with E-state index in [2.05, 4.69) is 20.2 Å². The van der Waals surface area contributed by atoms with Crippen LogP contribution in [0.3, 0.4) is 0 Å². The van der Waals surface area contributed by atoms with Crippen molar-refractivity contribution in [2.24, 2.45) is 0 Å². The van der Waals surface area contributed by atoms with Crippen LogP contribution in [0.4, 0.5) is 18.9 Å². The van der Waals surface area contributed by atoms with E-state index in [-0.39, 0.29) is 34.6 Å². The minimum absolute atomic E-state index is 0.0770. The number of alkyl halides is 3. The third-order valence-electron chi connectivity index (χ3n) is 5.91. The highest BCUT2D eigenvalue weighted by molar-refractivity contribution is 5.79. The van der Waals surface area contributed by atoms with Crippen LogP contribution in [0.1, 0.15) is 31.0 Å². The number of H-pyrrole nitrogens is 1. The van der Waals surface area contributed by atoms with E-state index in [1.807, 2.05) is 0 Å². The van der Waals surface area contributed by atoms with Crippen molar-refractivity contribution in [2.45, 2.75) is 43.6 Å². The van der Waals surface area contributed by atoms with E-state index in [9.17, 15) is 13.2 Å². The van der Waals surface area contributed by atoms with Gasteiger partial charge in [0, 0.05) is 23.3 Å². The van der Waals surface area contributed by atoms with Gasteiger partial charge in [-0.1, -0.05) is 6.42 Å². The summed E-state index contributed by atoms with van der Waals surface area (Å²) >= 11 is 0. The van der Waals surface area contributed by atoms with Gasteiger partial charge in [0.1, 0.15) is 0 Å². The number of piperidine rings is 1. The van der Waals surface area contributed by atoms with Crippen LogP contribution >= 0.6 is 0 Å². The number of aromatic amines is 1. The zero-order valence-corrected chi connectivity index (χ0v) is 16.1. The lowest BCUT2D eigenvalue weighted by atomic mass is 9.90. The Morgan fingerprint density at radius 3 is 2.47 bits per heavy atom. The van der Waals surface area contributed by atoms with E-state index in [1.54, 1.807) is 29.2 Å². The fourth-order valence-electron chi connectivity index (χ4n) is 4.58. The van der Waals surface area contributed by atoms with E-state index in [0.29, 0.717) is 37.3 Å². The SMILES string of the molecule is Nc1ccc(-c2nc(C(N3C4CCCC3COC4)C(F)(F)F)c3cn[nH]c3n2)cc1. The summed E-state index contributed by atoms with van der Waals surface area (Å²) in [6.45, 7) is 0.598. The largest absolute Gasteiger partial charge is 0.409 e. The molecule has 2 bridgehead atoms. The van der Waals surface area contributed by atoms with Gasteiger partial charge in [-0.15, -0.1) is 0 Å². The lowest BCUT2D eigenvalue weighted by Gasteiger charge is -2.49. The predicted octanol–water partition coefficient (Wildman–Crippen LogP) is 3.46. The van der Waals surface area contributed by atoms with Crippen LogP contribution in [0.15, 0.2) is 30.5 Å². The maximum Gasteiger partial charge on any atom is 0.409 e. The molecule has 3 aromatic rings. The zero-order valence-electron chi connectivity index (χ0n) is 16.1. The summed E-state index contributed by atoms with van der Waals surface area (Å²) < 4.78 is 49.2. The first-order chi connectivity index (χ1) is 14.4. The van der Waals surface area contributed by atoms with Crippen LogP contribution in [0.25, 0.3) is 22.4 Å². The molecule has 3 unspecified atom stereocenters. The summed E-state index contributed by atoms with van der Waals surface area (Å²) in [5.41, 5.74) is 7.08. The molecule has 3 atom stereocenters. The molecule has 2 aliphatic heterocycles. The molecule has 3 N–H and O–H groups in total. The second-order valence-corrected chi connectivity index (χ2v) is 7.85. The Hall–Kier alpha value is -2.72. The molecule has 0 radical (unpaired) electrons. The number of hydrogen-bond acceptors (Lipinski definition) is 6. The molecule has 2 fully saturated rings. The Bertz CT molecular complexity index is 1030. The van der Waals surface area contributed by atoms with Gasteiger partial charge in [0.2, 0.25) is 0 Å². The average molecular weight is 418 g/mol. The molecule has 0 spiro atoms. The third kappa shape index (κ3) is 3.29. The van der Waals surface area contributed by atoms with E-state index in [0.717, 1.165) is 6.42 Å². The Morgan fingerprint density at radius 1 is 1.10 bits per heavy atom. The average Bonchev–Trinajstić information content (AvgIpc) is 3.16. The van der Waals surface area contributed by atoms with Crippen molar-refractivity contribution in [3.63, 3.8) is 0 Å². The molecule has 158 valence electrons. The van der Waals surface area contributed by atoms with Crippen molar-refractivity contribution in [3.05, 3.63) is 36.2 Å². The van der Waals surface area contributed by atoms with Gasteiger partial charge in [0.25, 0.3) is 0 Å². The summed E-state index contributed by atoms with van der Waals surface area (Å²) in [5, 5.41) is 6.92. The Labute approximate surface area is 170 Å². The van der Waals surface area contributed by atoms with Gasteiger partial charge in [-0.3, -0.25) is 10.00 Å². The number of anilines is 1. The molecule has 2 saturated heterocycles. The molecule has 4 heterocycles. The molecule has 30 heavy (non-hydrogen) atoms. The molecule has 2 aliphatic rings. The summed E-state index contributed by atoms with van der Waals surface area (Å²) in [6.07, 6.45) is -0.892. The first-order valence-corrected chi connectivity index (χ1v) is 9.90. The fourth-order valence-corrected chi connectivity index (χ4v) is 4.58. The quantitative estimate of drug-likeness (QED) is 0.633. The van der Waals surface area contributed by atoms with Crippen molar-refractivity contribution in [3.8, 4) is 11.4 Å². The minimum atomic E-state index is -4.51. The van der Waals surface area contributed by atoms with Crippen molar-refractivity contribution < 1.29 is 17.9 Å². The van der Waals surface area contributed by atoms with Gasteiger partial charge in [0.15, 0.2) is 17.5 Å². The van der Waals surface area contributed by atoms with Gasteiger partial charge in [-0.05, 0) is 37.1 Å². The highest BCUT2D eigenvalue weighted by atomic mass is 19.4. The Morgan fingerprint density at radius 2 is 1.80 bits per heavy atom. The number of nitrogens with two attached hydrogens (primary N) is 1. The Kier molecular flexibility index (Phi) is 4.62. The molecule has 0 aliphatic carbocycles. The molecule has 0 saturated carbocycles. The van der Waals surface area contributed by atoms with Crippen LogP contribution in [0, 0.1) is 0 Å². The summed E-state index contributed by atoms with van der Waals surface area (Å²) in [6, 6.07) is 4.30. The first kappa shape index (κ1) is 19.3. The topological polar surface area (TPSA) is 93.0 Å². The summed E-state index contributed by atoms with van der Waals surface area (Å²) in [5.74, 6) is 0.203. The molecule has 5 rings (SSSR count). The van der Waals surface area contributed by atoms with Crippen LogP contribution in [-0.2, 0) is 4.74 Å². The number of ether oxygens (including phenoxy) is 1. The summed E-state index contributed by atoms with van der Waals surface area (Å²) in [4.78, 5) is 10.4. The van der Waals surface area contributed by atoms with E-state index in [1.165, 1.54) is 6.20 Å². The third-order valence-corrected chi connectivity index (χ3v) is 5.91. The van der Waals surface area contributed by atoms with E-state index < -0.39 is 12.2 Å². The zero-order chi connectivity index (χ0) is 20.9. The van der Waals surface area contributed by atoms with Crippen molar-refractivity contribution >= 4 is 16.7 Å². The van der Waals surface area contributed by atoms with Crippen LogP contribution < -0.4 is 5.73 Å². The number of morpholine rings is 1. The van der Waals surface area contributed by atoms with Gasteiger partial charge >= 0.3 is 6.18 Å². The van der Waals surface area contributed by atoms with Crippen LogP contribution in [-0.4, -0.2) is 56.5 Å². The van der Waals surface area contributed by atoms with E-state index in [4.69, 9.17) is 10.5 Å². The fraction of sp³-hybridized carbons (Fsp3) is 0.450. The number of aromatic nitrogens is 4. The van der Waals surface area contributed by atoms with Crippen molar-refractivity contribution in [2.75, 3.05) is 18.9 Å². The van der Waals surface area contributed by atoms with Gasteiger partial charge < -0.3 is 10.5 Å². The smallest absolute Gasteiger partial charge is 0.399 e. The van der Waals surface area contributed by atoms with Crippen molar-refractivity contribution in [1.82, 2.24) is 25.1 Å². The maximum absolute atomic E-state index is 14.5.